The van der Waals surface area contributed by atoms with E-state index in [0.29, 0.717) is 0 Å². The van der Waals surface area contributed by atoms with Crippen LogP contribution in [-0.4, -0.2) is 10.2 Å². The minimum Gasteiger partial charge on any atom is -0.508 e. The van der Waals surface area contributed by atoms with Gasteiger partial charge in [-0.15, -0.1) is 0 Å². The number of aromatic hydroxyl groups is 2. The maximum absolute atomic E-state index is 9.59. The lowest BCUT2D eigenvalue weighted by molar-refractivity contribution is 0.429. The average molecular weight is 180 g/mol. The Morgan fingerprint density at radius 2 is 1.54 bits per heavy atom. The number of rotatable bonds is 0. The molecule has 2 N–H and O–H groups in total. The van der Waals surface area contributed by atoms with Crippen LogP contribution in [0.1, 0.15) is 31.9 Å². The van der Waals surface area contributed by atoms with Crippen molar-refractivity contribution < 1.29 is 10.2 Å². The van der Waals surface area contributed by atoms with E-state index in [9.17, 15) is 10.2 Å². The molecule has 0 aromatic heterocycles. The largest absolute Gasteiger partial charge is 0.508 e. The summed E-state index contributed by atoms with van der Waals surface area (Å²) in [6.45, 7) is 7.90. The molecule has 0 radical (unpaired) electrons. The standard InChI is InChI=1S/C11H16O2/c1-7-5-8(11(2,3)4)10(13)6-9(7)12/h5-6,12-13H,1-4H3. The minimum absolute atomic E-state index is 0.0947. The molecule has 2 nitrogen and oxygen atoms in total. The van der Waals surface area contributed by atoms with Crippen molar-refractivity contribution in [3.8, 4) is 11.5 Å². The van der Waals surface area contributed by atoms with Crippen LogP contribution >= 0.6 is 0 Å². The molecule has 0 atom stereocenters. The van der Waals surface area contributed by atoms with Gasteiger partial charge < -0.3 is 10.2 Å². The zero-order valence-corrected chi connectivity index (χ0v) is 8.55. The number of aryl methyl sites for hydroxylation is 1. The zero-order chi connectivity index (χ0) is 10.2. The number of hydrogen-bond donors (Lipinski definition) is 2. The molecule has 0 spiro atoms. The topological polar surface area (TPSA) is 40.5 Å². The summed E-state index contributed by atoms with van der Waals surface area (Å²) in [4.78, 5) is 0. The average Bonchev–Trinajstić information content (AvgIpc) is 1.94. The van der Waals surface area contributed by atoms with Gasteiger partial charge >= 0.3 is 0 Å². The van der Waals surface area contributed by atoms with E-state index in [1.165, 1.54) is 6.07 Å². The summed E-state index contributed by atoms with van der Waals surface area (Å²) in [7, 11) is 0. The Bertz CT molecular complexity index is 322. The van der Waals surface area contributed by atoms with Crippen molar-refractivity contribution >= 4 is 0 Å². The third kappa shape index (κ3) is 1.94. The fourth-order valence-electron chi connectivity index (χ4n) is 1.29. The van der Waals surface area contributed by atoms with Gasteiger partial charge in [-0.2, -0.15) is 0 Å². The SMILES string of the molecule is Cc1cc(C(C)(C)C)c(O)cc1O. The van der Waals surface area contributed by atoms with E-state index in [4.69, 9.17) is 0 Å². The summed E-state index contributed by atoms with van der Waals surface area (Å²) in [5.41, 5.74) is 1.56. The van der Waals surface area contributed by atoms with E-state index in [0.717, 1.165) is 11.1 Å². The molecule has 1 rings (SSSR count). The van der Waals surface area contributed by atoms with Crippen LogP contribution in [0.15, 0.2) is 12.1 Å². The highest BCUT2D eigenvalue weighted by molar-refractivity contribution is 5.47. The lowest BCUT2D eigenvalue weighted by Gasteiger charge is -2.21. The van der Waals surface area contributed by atoms with Crippen LogP contribution < -0.4 is 0 Å². The first kappa shape index (κ1) is 9.90. The molecule has 0 aliphatic heterocycles. The van der Waals surface area contributed by atoms with Gasteiger partial charge in [0, 0.05) is 6.07 Å². The molecule has 0 saturated heterocycles. The monoisotopic (exact) mass is 180 g/mol. The van der Waals surface area contributed by atoms with Crippen molar-refractivity contribution in [2.24, 2.45) is 0 Å². The lowest BCUT2D eigenvalue weighted by atomic mass is 9.85. The highest BCUT2D eigenvalue weighted by atomic mass is 16.3. The van der Waals surface area contributed by atoms with Gasteiger partial charge in [-0.05, 0) is 29.5 Å². The third-order valence-electron chi connectivity index (χ3n) is 2.12. The molecule has 0 aliphatic rings. The second kappa shape index (κ2) is 2.95. The summed E-state index contributed by atoms with van der Waals surface area (Å²) in [5, 5.41) is 18.9. The summed E-state index contributed by atoms with van der Waals surface area (Å²) < 4.78 is 0. The van der Waals surface area contributed by atoms with Gasteiger partial charge in [0.05, 0.1) is 0 Å². The van der Waals surface area contributed by atoms with Crippen LogP contribution in [0.4, 0.5) is 0 Å². The maximum atomic E-state index is 9.59. The van der Waals surface area contributed by atoms with Gasteiger partial charge in [0.2, 0.25) is 0 Å². The number of phenolic OH excluding ortho intramolecular Hbond substituents is 2. The first-order valence-corrected chi connectivity index (χ1v) is 4.35. The molecule has 0 fully saturated rings. The Labute approximate surface area is 78.8 Å². The van der Waals surface area contributed by atoms with Crippen LogP contribution in [0.3, 0.4) is 0 Å². The molecule has 0 saturated carbocycles. The normalized spacial score (nSPS) is 11.7. The number of phenols is 2. The molecule has 0 unspecified atom stereocenters. The van der Waals surface area contributed by atoms with Crippen molar-refractivity contribution in [2.75, 3.05) is 0 Å². The first-order chi connectivity index (χ1) is 5.82. The van der Waals surface area contributed by atoms with E-state index in [1.807, 2.05) is 33.8 Å². The van der Waals surface area contributed by atoms with Crippen molar-refractivity contribution in [3.05, 3.63) is 23.3 Å². The van der Waals surface area contributed by atoms with Crippen molar-refractivity contribution in [2.45, 2.75) is 33.1 Å². The smallest absolute Gasteiger partial charge is 0.123 e. The van der Waals surface area contributed by atoms with Crippen LogP contribution in [0.5, 0.6) is 11.5 Å². The predicted octanol–water partition coefficient (Wildman–Crippen LogP) is 2.70. The van der Waals surface area contributed by atoms with Crippen LogP contribution in [0.2, 0.25) is 0 Å². The fourth-order valence-corrected chi connectivity index (χ4v) is 1.29. The second-order valence-corrected chi connectivity index (χ2v) is 4.41. The van der Waals surface area contributed by atoms with Gasteiger partial charge in [-0.1, -0.05) is 20.8 Å². The van der Waals surface area contributed by atoms with E-state index in [-0.39, 0.29) is 16.9 Å². The molecule has 0 bridgehead atoms. The van der Waals surface area contributed by atoms with Crippen molar-refractivity contribution in [3.63, 3.8) is 0 Å². The third-order valence-corrected chi connectivity index (χ3v) is 2.12. The second-order valence-electron chi connectivity index (χ2n) is 4.41. The van der Waals surface area contributed by atoms with E-state index in [2.05, 4.69) is 0 Å². The predicted molar refractivity (Wildman–Crippen MR) is 53.2 cm³/mol. The Kier molecular flexibility index (Phi) is 2.24. The Balaban J connectivity index is 3.32. The van der Waals surface area contributed by atoms with Gasteiger partial charge in [-0.25, -0.2) is 0 Å². The number of hydrogen-bond acceptors (Lipinski definition) is 2. The molecule has 0 heterocycles. The fraction of sp³-hybridized carbons (Fsp3) is 0.455. The molecular weight excluding hydrogens is 164 g/mol. The van der Waals surface area contributed by atoms with Crippen LogP contribution in [0.25, 0.3) is 0 Å². The van der Waals surface area contributed by atoms with E-state index < -0.39 is 0 Å². The first-order valence-electron chi connectivity index (χ1n) is 4.35. The minimum atomic E-state index is -0.0947. The van der Waals surface area contributed by atoms with Gasteiger partial charge in [0.1, 0.15) is 11.5 Å². The molecule has 1 aromatic rings. The number of benzene rings is 1. The molecule has 0 amide bonds. The van der Waals surface area contributed by atoms with Crippen molar-refractivity contribution in [1.29, 1.82) is 0 Å². The van der Waals surface area contributed by atoms with Gasteiger partial charge in [0.15, 0.2) is 0 Å². The Morgan fingerprint density at radius 3 is 2.00 bits per heavy atom. The molecule has 2 heteroatoms. The highest BCUT2D eigenvalue weighted by Gasteiger charge is 2.19. The highest BCUT2D eigenvalue weighted by Crippen LogP contribution is 2.34. The van der Waals surface area contributed by atoms with Crippen molar-refractivity contribution in [1.82, 2.24) is 0 Å². The molecule has 1 aromatic carbocycles. The molecule has 0 aliphatic carbocycles. The summed E-state index contributed by atoms with van der Waals surface area (Å²) in [6, 6.07) is 3.22. The quantitative estimate of drug-likeness (QED) is 0.644. The van der Waals surface area contributed by atoms with E-state index >= 15 is 0 Å². The van der Waals surface area contributed by atoms with Crippen LogP contribution in [-0.2, 0) is 5.41 Å². The lowest BCUT2D eigenvalue weighted by Crippen LogP contribution is -2.11. The Hall–Kier alpha value is -1.18. The molecule has 72 valence electrons. The molecule has 13 heavy (non-hydrogen) atoms. The Morgan fingerprint density at radius 1 is 1.00 bits per heavy atom. The molecular formula is C11H16O2. The zero-order valence-electron chi connectivity index (χ0n) is 8.55. The maximum Gasteiger partial charge on any atom is 0.123 e. The van der Waals surface area contributed by atoms with Crippen LogP contribution in [0, 0.1) is 6.92 Å². The summed E-state index contributed by atoms with van der Waals surface area (Å²) in [6.07, 6.45) is 0. The van der Waals surface area contributed by atoms with Gasteiger partial charge in [-0.3, -0.25) is 0 Å². The van der Waals surface area contributed by atoms with E-state index in [1.54, 1.807) is 0 Å². The summed E-state index contributed by atoms with van der Waals surface area (Å²) in [5.74, 6) is 0.307. The summed E-state index contributed by atoms with van der Waals surface area (Å²) >= 11 is 0. The van der Waals surface area contributed by atoms with Gasteiger partial charge in [0.25, 0.3) is 0 Å².